The second-order valence-electron chi connectivity index (χ2n) is 7.62. The van der Waals surface area contributed by atoms with Gasteiger partial charge < -0.3 is 15.5 Å². The van der Waals surface area contributed by atoms with Crippen LogP contribution >= 0.6 is 0 Å². The van der Waals surface area contributed by atoms with Crippen molar-refractivity contribution in [3.63, 3.8) is 0 Å². The van der Waals surface area contributed by atoms with Gasteiger partial charge in [-0.05, 0) is 36.4 Å². The Labute approximate surface area is 187 Å². The number of piperazine rings is 1. The van der Waals surface area contributed by atoms with Gasteiger partial charge in [0.2, 0.25) is 0 Å². The summed E-state index contributed by atoms with van der Waals surface area (Å²) < 4.78 is 51.9. The maximum absolute atomic E-state index is 13.3. The van der Waals surface area contributed by atoms with Crippen LogP contribution in [0.1, 0.15) is 5.69 Å². The van der Waals surface area contributed by atoms with Gasteiger partial charge in [-0.15, -0.1) is 0 Å². The van der Waals surface area contributed by atoms with Crippen LogP contribution in [-0.2, 0) is 6.18 Å². The fourth-order valence-electron chi connectivity index (χ4n) is 3.63. The Morgan fingerprint density at radius 2 is 1.85 bits per heavy atom. The van der Waals surface area contributed by atoms with Crippen LogP contribution in [0.3, 0.4) is 0 Å². The molecule has 4 rings (SSSR count). The molecule has 0 aliphatic carbocycles. The molecule has 174 valence electrons. The molecule has 0 radical (unpaired) electrons. The smallest absolute Gasteiger partial charge is 0.368 e. The zero-order valence-electron chi connectivity index (χ0n) is 17.6. The zero-order valence-corrected chi connectivity index (χ0v) is 17.6. The topological polar surface area (TPSA) is 73.4 Å². The Hall–Kier alpha value is -3.47. The highest BCUT2D eigenvalue weighted by molar-refractivity contribution is 5.89. The third kappa shape index (κ3) is 5.67. The third-order valence-electron chi connectivity index (χ3n) is 5.36. The number of fused-ring (bicyclic) bond motifs is 1. The number of carbonyl (C=O) groups is 1. The largest absolute Gasteiger partial charge is 0.433 e. The molecule has 0 unspecified atom stereocenters. The predicted octanol–water partition coefficient (Wildman–Crippen LogP) is 4.05. The first-order chi connectivity index (χ1) is 15.8. The zero-order chi connectivity index (χ0) is 23.4. The Kier molecular flexibility index (Phi) is 6.59. The lowest BCUT2D eigenvalue weighted by atomic mass is 10.2. The van der Waals surface area contributed by atoms with Crippen molar-refractivity contribution in [1.29, 1.82) is 0 Å². The fraction of sp³-hybridized carbons (Fsp3) is 0.318. The number of nitrogens with zero attached hydrogens (tertiary/aromatic N) is 4. The molecular weight excluding hydrogens is 440 g/mol. The minimum Gasteiger partial charge on any atom is -0.368 e. The van der Waals surface area contributed by atoms with Crippen molar-refractivity contribution in [2.45, 2.75) is 6.18 Å². The molecule has 0 atom stereocenters. The summed E-state index contributed by atoms with van der Waals surface area (Å²) in [5.41, 5.74) is -0.308. The Morgan fingerprint density at radius 1 is 1.06 bits per heavy atom. The monoisotopic (exact) mass is 462 g/mol. The van der Waals surface area contributed by atoms with Crippen LogP contribution in [0.4, 0.5) is 33.9 Å². The number of anilines is 2. The van der Waals surface area contributed by atoms with Gasteiger partial charge in [0.25, 0.3) is 0 Å². The fourth-order valence-corrected chi connectivity index (χ4v) is 3.63. The summed E-state index contributed by atoms with van der Waals surface area (Å²) in [4.78, 5) is 24.1. The van der Waals surface area contributed by atoms with Gasteiger partial charge in [-0.3, -0.25) is 4.90 Å². The van der Waals surface area contributed by atoms with Crippen molar-refractivity contribution in [1.82, 2.24) is 19.8 Å². The lowest BCUT2D eigenvalue weighted by molar-refractivity contribution is -0.140. The highest BCUT2D eigenvalue weighted by Crippen LogP contribution is 2.30. The Balaban J connectivity index is 1.26. The first kappa shape index (κ1) is 22.7. The number of hydrogen-bond acceptors (Lipinski definition) is 5. The van der Waals surface area contributed by atoms with Crippen molar-refractivity contribution in [3.05, 3.63) is 60.2 Å². The van der Waals surface area contributed by atoms with E-state index in [2.05, 4.69) is 25.5 Å². The minimum atomic E-state index is -4.50. The SMILES string of the molecule is O=C(Nc1cccc(F)c1)N1CCN(CCNc2nccc3nc(C(F)(F)F)ccc23)CC1. The van der Waals surface area contributed by atoms with Crippen molar-refractivity contribution >= 4 is 28.4 Å². The normalized spacial score (nSPS) is 15.0. The van der Waals surface area contributed by atoms with Crippen molar-refractivity contribution in [2.75, 3.05) is 49.9 Å². The number of halogens is 4. The van der Waals surface area contributed by atoms with E-state index >= 15 is 0 Å². The highest BCUT2D eigenvalue weighted by atomic mass is 19.4. The van der Waals surface area contributed by atoms with Crippen molar-refractivity contribution in [2.24, 2.45) is 0 Å². The number of hydrogen-bond donors (Lipinski definition) is 2. The second-order valence-corrected chi connectivity index (χ2v) is 7.62. The van der Waals surface area contributed by atoms with Crippen LogP contribution < -0.4 is 10.6 Å². The van der Waals surface area contributed by atoms with Gasteiger partial charge in [0.15, 0.2) is 0 Å². The van der Waals surface area contributed by atoms with E-state index in [1.807, 2.05) is 0 Å². The van der Waals surface area contributed by atoms with Crippen LogP contribution in [0.25, 0.3) is 10.9 Å². The van der Waals surface area contributed by atoms with E-state index in [4.69, 9.17) is 0 Å². The molecule has 1 aliphatic rings. The highest BCUT2D eigenvalue weighted by Gasteiger charge is 2.32. The summed E-state index contributed by atoms with van der Waals surface area (Å²) in [6.07, 6.45) is -3.07. The molecule has 3 aromatic rings. The number of rotatable bonds is 5. The number of benzene rings is 1. The predicted molar refractivity (Wildman–Crippen MR) is 116 cm³/mol. The van der Waals surface area contributed by atoms with Crippen LogP contribution in [0, 0.1) is 5.82 Å². The number of aromatic nitrogens is 2. The van der Waals surface area contributed by atoms with E-state index < -0.39 is 17.7 Å². The second kappa shape index (κ2) is 9.57. The molecule has 3 heterocycles. The lowest BCUT2D eigenvalue weighted by Gasteiger charge is -2.34. The number of alkyl halides is 3. The lowest BCUT2D eigenvalue weighted by Crippen LogP contribution is -2.50. The van der Waals surface area contributed by atoms with E-state index in [9.17, 15) is 22.4 Å². The number of pyridine rings is 2. The van der Waals surface area contributed by atoms with Gasteiger partial charge in [0, 0.05) is 56.5 Å². The van der Waals surface area contributed by atoms with E-state index in [0.717, 1.165) is 6.07 Å². The Bertz CT molecular complexity index is 1130. The average molecular weight is 462 g/mol. The molecule has 11 heteroatoms. The summed E-state index contributed by atoms with van der Waals surface area (Å²) in [5.74, 6) is 0.0595. The minimum absolute atomic E-state index is 0.222. The van der Waals surface area contributed by atoms with Gasteiger partial charge in [0.05, 0.1) is 5.52 Å². The molecule has 2 N–H and O–H groups in total. The molecule has 1 aromatic carbocycles. The molecule has 0 saturated carbocycles. The van der Waals surface area contributed by atoms with Crippen LogP contribution in [0.5, 0.6) is 0 Å². The number of amides is 2. The molecule has 7 nitrogen and oxygen atoms in total. The molecule has 1 aliphatic heterocycles. The maximum Gasteiger partial charge on any atom is 0.433 e. The first-order valence-electron chi connectivity index (χ1n) is 10.4. The third-order valence-corrected chi connectivity index (χ3v) is 5.36. The summed E-state index contributed by atoms with van der Waals surface area (Å²) in [5, 5.41) is 6.37. The number of urea groups is 1. The average Bonchev–Trinajstić information content (AvgIpc) is 2.79. The van der Waals surface area contributed by atoms with Crippen LogP contribution in [0.2, 0.25) is 0 Å². The molecule has 0 spiro atoms. The Morgan fingerprint density at radius 3 is 2.58 bits per heavy atom. The van der Waals surface area contributed by atoms with Gasteiger partial charge in [0.1, 0.15) is 17.3 Å². The molecular formula is C22H22F4N6O. The molecule has 1 fully saturated rings. The van der Waals surface area contributed by atoms with Crippen molar-refractivity contribution < 1.29 is 22.4 Å². The molecule has 2 amide bonds. The van der Waals surface area contributed by atoms with Gasteiger partial charge in [-0.25, -0.2) is 19.2 Å². The maximum atomic E-state index is 13.3. The summed E-state index contributed by atoms with van der Waals surface area (Å²) >= 11 is 0. The molecule has 1 saturated heterocycles. The van der Waals surface area contributed by atoms with E-state index in [0.29, 0.717) is 56.2 Å². The van der Waals surface area contributed by atoms with E-state index in [1.165, 1.54) is 36.5 Å². The number of carbonyl (C=O) groups excluding carboxylic acids is 1. The number of nitrogens with one attached hydrogen (secondary N) is 2. The summed E-state index contributed by atoms with van der Waals surface area (Å²) in [6.45, 7) is 3.58. The molecule has 2 aromatic heterocycles. The van der Waals surface area contributed by atoms with E-state index in [1.54, 1.807) is 11.0 Å². The summed E-state index contributed by atoms with van der Waals surface area (Å²) in [6, 6.07) is 9.23. The van der Waals surface area contributed by atoms with Gasteiger partial charge in [-0.1, -0.05) is 6.07 Å². The van der Waals surface area contributed by atoms with Crippen LogP contribution in [0.15, 0.2) is 48.7 Å². The van der Waals surface area contributed by atoms with Gasteiger partial charge >= 0.3 is 12.2 Å². The quantitative estimate of drug-likeness (QED) is 0.560. The van der Waals surface area contributed by atoms with Gasteiger partial charge in [-0.2, -0.15) is 13.2 Å². The van der Waals surface area contributed by atoms with Crippen molar-refractivity contribution in [3.8, 4) is 0 Å². The first-order valence-corrected chi connectivity index (χ1v) is 10.4. The van der Waals surface area contributed by atoms with E-state index in [-0.39, 0.29) is 11.5 Å². The standard InChI is InChI=1S/C22H22F4N6O/c23-15-2-1-3-16(14-15)29-21(33)32-12-10-31(11-13-32)9-8-28-20-17-4-5-19(22(24,25)26)30-18(17)6-7-27-20/h1-7,14H,8-13H2,(H,27,28)(H,29,33). The molecule has 33 heavy (non-hydrogen) atoms. The summed E-state index contributed by atoms with van der Waals surface area (Å²) in [7, 11) is 0. The van der Waals surface area contributed by atoms with Crippen LogP contribution in [-0.4, -0.2) is 65.1 Å². The molecule has 0 bridgehead atoms.